The van der Waals surface area contributed by atoms with Crippen LogP contribution in [0.1, 0.15) is 32.4 Å². The molecule has 0 bridgehead atoms. The van der Waals surface area contributed by atoms with Crippen molar-refractivity contribution in [1.82, 2.24) is 14.8 Å². The first-order valence-corrected chi connectivity index (χ1v) is 12.3. The molecule has 2 atom stereocenters. The molecule has 3 aromatic rings. The zero-order valence-electron chi connectivity index (χ0n) is 19.2. The van der Waals surface area contributed by atoms with E-state index in [-0.39, 0.29) is 23.7 Å². The number of rotatable bonds is 9. The first-order valence-electron chi connectivity index (χ1n) is 11.3. The predicted octanol–water partition coefficient (Wildman–Crippen LogP) is 4.43. The number of furan rings is 1. The summed E-state index contributed by atoms with van der Waals surface area (Å²) in [4.78, 5) is 25.4. The Morgan fingerprint density at radius 2 is 1.97 bits per heavy atom. The lowest BCUT2D eigenvalue weighted by molar-refractivity contribution is -0.383. The van der Waals surface area contributed by atoms with Crippen LogP contribution in [-0.4, -0.2) is 44.4 Å². The van der Waals surface area contributed by atoms with E-state index in [1.165, 1.54) is 30.3 Å². The number of piperidine rings is 1. The van der Waals surface area contributed by atoms with Crippen molar-refractivity contribution >= 4 is 35.0 Å². The molecule has 1 saturated heterocycles. The van der Waals surface area contributed by atoms with Crippen LogP contribution in [0, 0.1) is 22.0 Å². The molecule has 0 aliphatic carbocycles. The van der Waals surface area contributed by atoms with Gasteiger partial charge in [0, 0.05) is 31.3 Å². The largest absolute Gasteiger partial charge is 0.467 e. The van der Waals surface area contributed by atoms with Gasteiger partial charge >= 0.3 is 0 Å². The van der Waals surface area contributed by atoms with Crippen molar-refractivity contribution in [3.8, 4) is 0 Å². The predicted molar refractivity (Wildman–Crippen MR) is 130 cm³/mol. The van der Waals surface area contributed by atoms with Gasteiger partial charge in [0.15, 0.2) is 5.16 Å². The number of carbonyl (C=O) groups excluding carboxylic acids is 1. The van der Waals surface area contributed by atoms with Crippen molar-refractivity contribution in [2.24, 2.45) is 11.8 Å². The van der Waals surface area contributed by atoms with E-state index in [0.717, 1.165) is 24.8 Å². The van der Waals surface area contributed by atoms with Gasteiger partial charge in [-0.15, -0.1) is 10.2 Å². The summed E-state index contributed by atoms with van der Waals surface area (Å²) < 4.78 is 7.60. The third-order valence-corrected chi connectivity index (χ3v) is 6.65. The molecule has 2 unspecified atom stereocenters. The van der Waals surface area contributed by atoms with Crippen molar-refractivity contribution in [2.75, 3.05) is 29.1 Å². The second kappa shape index (κ2) is 10.7. The fraction of sp³-hybridized carbons (Fsp3) is 0.435. The van der Waals surface area contributed by atoms with Crippen LogP contribution in [-0.2, 0) is 11.3 Å². The number of nitro groups is 1. The van der Waals surface area contributed by atoms with E-state index in [1.807, 2.05) is 16.7 Å². The number of carbonyl (C=O) groups is 1. The van der Waals surface area contributed by atoms with E-state index in [2.05, 4.69) is 34.3 Å². The van der Waals surface area contributed by atoms with Crippen LogP contribution in [0.5, 0.6) is 0 Å². The molecule has 2 aromatic heterocycles. The van der Waals surface area contributed by atoms with Gasteiger partial charge in [0.2, 0.25) is 11.9 Å². The number of aromatic nitrogens is 3. The number of nitrogens with one attached hydrogen (secondary N) is 1. The summed E-state index contributed by atoms with van der Waals surface area (Å²) in [5.41, 5.74) is 0.0652. The molecular weight excluding hydrogens is 456 g/mol. The summed E-state index contributed by atoms with van der Waals surface area (Å²) in [6.07, 6.45) is 3.01. The van der Waals surface area contributed by atoms with Gasteiger partial charge in [-0.25, -0.2) is 0 Å². The summed E-state index contributed by atoms with van der Waals surface area (Å²) in [5, 5.41) is 23.4. The smallest absolute Gasteiger partial charge is 0.292 e. The third kappa shape index (κ3) is 5.77. The highest BCUT2D eigenvalue weighted by Gasteiger charge is 2.27. The first-order chi connectivity index (χ1) is 16.4. The molecule has 1 amide bonds. The average Bonchev–Trinajstić information content (AvgIpc) is 3.44. The molecule has 1 fully saturated rings. The second-order valence-corrected chi connectivity index (χ2v) is 9.78. The highest BCUT2D eigenvalue weighted by atomic mass is 32.2. The van der Waals surface area contributed by atoms with Gasteiger partial charge in [0.1, 0.15) is 11.4 Å². The van der Waals surface area contributed by atoms with Crippen molar-refractivity contribution in [1.29, 1.82) is 0 Å². The minimum absolute atomic E-state index is 0.128. The highest BCUT2D eigenvalue weighted by Crippen LogP contribution is 2.29. The molecule has 3 heterocycles. The Morgan fingerprint density at radius 3 is 2.68 bits per heavy atom. The Labute approximate surface area is 201 Å². The summed E-state index contributed by atoms with van der Waals surface area (Å²) in [6, 6.07) is 9.88. The van der Waals surface area contributed by atoms with E-state index in [0.29, 0.717) is 29.3 Å². The highest BCUT2D eigenvalue weighted by molar-refractivity contribution is 7.99. The molecule has 0 radical (unpaired) electrons. The lowest BCUT2D eigenvalue weighted by Gasteiger charge is -2.35. The van der Waals surface area contributed by atoms with E-state index in [4.69, 9.17) is 4.42 Å². The Hall–Kier alpha value is -3.34. The maximum Gasteiger partial charge on any atom is 0.292 e. The Balaban J connectivity index is 1.44. The number of hydrogen-bond acceptors (Lipinski definition) is 8. The van der Waals surface area contributed by atoms with Crippen LogP contribution in [0.25, 0.3) is 0 Å². The Kier molecular flexibility index (Phi) is 7.51. The molecule has 1 aromatic carbocycles. The quantitative estimate of drug-likeness (QED) is 0.269. The number of hydrogen-bond donors (Lipinski definition) is 1. The topological polar surface area (TPSA) is 119 Å². The third-order valence-electron chi connectivity index (χ3n) is 5.68. The van der Waals surface area contributed by atoms with Gasteiger partial charge in [-0.2, -0.15) is 0 Å². The standard InChI is InChI=1S/C23H28N6O4S/c1-16-12-17(2)14-27(13-16)22-25-26-23(28(22)15-18-6-5-10-33-18)34-11-9-21(30)24-19-7-3-4-8-20(19)29(31)32/h3-8,10,16-17H,9,11-15H2,1-2H3,(H,24,30). The molecule has 11 heteroatoms. The van der Waals surface area contributed by atoms with E-state index >= 15 is 0 Å². The number of thioether (sulfide) groups is 1. The fourth-order valence-corrected chi connectivity index (χ4v) is 5.20. The Bertz CT molecular complexity index is 1120. The summed E-state index contributed by atoms with van der Waals surface area (Å²) >= 11 is 1.43. The molecule has 34 heavy (non-hydrogen) atoms. The monoisotopic (exact) mass is 484 g/mol. The molecule has 1 aliphatic heterocycles. The normalized spacial score (nSPS) is 18.1. The summed E-state index contributed by atoms with van der Waals surface area (Å²) in [6.45, 7) is 6.84. The molecule has 1 N–H and O–H groups in total. The SMILES string of the molecule is CC1CC(C)CN(c2nnc(SCCC(=O)Nc3ccccc3[N+](=O)[O-])n2Cc2ccco2)C1. The van der Waals surface area contributed by atoms with Crippen molar-refractivity contribution in [3.05, 3.63) is 58.5 Å². The number of nitro benzene ring substituents is 1. The lowest BCUT2D eigenvalue weighted by atomic mass is 9.92. The molecule has 10 nitrogen and oxygen atoms in total. The zero-order valence-corrected chi connectivity index (χ0v) is 20.0. The van der Waals surface area contributed by atoms with Crippen LogP contribution in [0.3, 0.4) is 0 Å². The van der Waals surface area contributed by atoms with Crippen molar-refractivity contribution < 1.29 is 14.1 Å². The molecule has 180 valence electrons. The molecule has 4 rings (SSSR count). The van der Waals surface area contributed by atoms with Gasteiger partial charge < -0.3 is 14.6 Å². The van der Waals surface area contributed by atoms with E-state index in [9.17, 15) is 14.9 Å². The minimum Gasteiger partial charge on any atom is -0.467 e. The van der Waals surface area contributed by atoms with Crippen LogP contribution >= 0.6 is 11.8 Å². The summed E-state index contributed by atoms with van der Waals surface area (Å²) in [5.74, 6) is 2.91. The first kappa shape index (κ1) is 23.8. The Morgan fingerprint density at radius 1 is 1.21 bits per heavy atom. The zero-order chi connectivity index (χ0) is 24.1. The van der Waals surface area contributed by atoms with Crippen molar-refractivity contribution in [3.63, 3.8) is 0 Å². The number of nitrogens with zero attached hydrogens (tertiary/aromatic N) is 5. The second-order valence-electron chi connectivity index (χ2n) is 8.72. The van der Waals surface area contributed by atoms with Crippen LogP contribution < -0.4 is 10.2 Å². The molecule has 0 saturated carbocycles. The number of para-hydroxylation sites is 2. The van der Waals surface area contributed by atoms with Crippen LogP contribution in [0.2, 0.25) is 0 Å². The van der Waals surface area contributed by atoms with Gasteiger partial charge in [-0.3, -0.25) is 19.5 Å². The fourth-order valence-electron chi connectivity index (χ4n) is 4.33. The van der Waals surface area contributed by atoms with E-state index in [1.54, 1.807) is 18.4 Å². The van der Waals surface area contributed by atoms with Gasteiger partial charge in [-0.1, -0.05) is 37.7 Å². The van der Waals surface area contributed by atoms with E-state index < -0.39 is 4.92 Å². The lowest BCUT2D eigenvalue weighted by Crippen LogP contribution is -2.40. The molecule has 1 aliphatic rings. The summed E-state index contributed by atoms with van der Waals surface area (Å²) in [7, 11) is 0. The molecular formula is C23H28N6O4S. The van der Waals surface area contributed by atoms with Gasteiger partial charge in [-0.05, 0) is 36.5 Å². The van der Waals surface area contributed by atoms with Gasteiger partial charge in [0.05, 0.1) is 17.7 Å². The number of anilines is 2. The molecule has 0 spiro atoms. The maximum absolute atomic E-state index is 12.4. The van der Waals surface area contributed by atoms with Crippen LogP contribution in [0.4, 0.5) is 17.3 Å². The van der Waals surface area contributed by atoms with Gasteiger partial charge in [0.25, 0.3) is 5.69 Å². The number of benzene rings is 1. The van der Waals surface area contributed by atoms with Crippen LogP contribution in [0.15, 0.2) is 52.2 Å². The average molecular weight is 485 g/mol. The maximum atomic E-state index is 12.4. The number of amides is 1. The minimum atomic E-state index is -0.509. The van der Waals surface area contributed by atoms with Crippen molar-refractivity contribution in [2.45, 2.75) is 38.4 Å².